The molecule has 3 aromatic carbocycles. The van der Waals surface area contributed by atoms with E-state index in [0.717, 1.165) is 15.4 Å². The molecule has 0 atom stereocenters. The maximum atomic E-state index is 13.5. The van der Waals surface area contributed by atoms with Crippen LogP contribution in [-0.4, -0.2) is 26.7 Å². The van der Waals surface area contributed by atoms with E-state index < -0.39 is 22.5 Å². The fraction of sp³-hybridized carbons (Fsp3) is 0.231. The highest BCUT2D eigenvalue weighted by Gasteiger charge is 2.27. The van der Waals surface area contributed by atoms with E-state index in [2.05, 4.69) is 19.2 Å². The summed E-state index contributed by atoms with van der Waals surface area (Å²) < 4.78 is 28.1. The van der Waals surface area contributed by atoms with Gasteiger partial charge in [-0.1, -0.05) is 55.8 Å². The molecule has 0 saturated heterocycles. The molecular formula is C26H28N2O4S. The van der Waals surface area contributed by atoms with Gasteiger partial charge in [0.15, 0.2) is 5.78 Å². The van der Waals surface area contributed by atoms with Gasteiger partial charge in [0.05, 0.1) is 10.6 Å². The highest BCUT2D eigenvalue weighted by molar-refractivity contribution is 7.92. The minimum atomic E-state index is -3.99. The van der Waals surface area contributed by atoms with Crippen LogP contribution in [0.4, 0.5) is 11.4 Å². The van der Waals surface area contributed by atoms with Crippen molar-refractivity contribution in [3.05, 3.63) is 89.5 Å². The SMILES string of the molecule is CC(=O)c1cccc(NC(=O)CN(c2ccc(C(C)C)cc2)S(=O)(=O)c2ccc(C)cc2)c1. The molecule has 7 heteroatoms. The fourth-order valence-corrected chi connectivity index (χ4v) is 4.75. The van der Waals surface area contributed by atoms with Crippen molar-refractivity contribution in [1.29, 1.82) is 0 Å². The van der Waals surface area contributed by atoms with Crippen molar-refractivity contribution in [3.8, 4) is 0 Å². The molecule has 0 spiro atoms. The van der Waals surface area contributed by atoms with Crippen molar-refractivity contribution >= 4 is 33.1 Å². The molecule has 0 saturated carbocycles. The number of rotatable bonds is 8. The van der Waals surface area contributed by atoms with Crippen LogP contribution < -0.4 is 9.62 Å². The Morgan fingerprint density at radius 1 is 0.939 bits per heavy atom. The molecule has 0 aromatic heterocycles. The molecule has 0 radical (unpaired) electrons. The topological polar surface area (TPSA) is 83.6 Å². The zero-order chi connectivity index (χ0) is 24.2. The lowest BCUT2D eigenvalue weighted by Crippen LogP contribution is -2.38. The summed E-state index contributed by atoms with van der Waals surface area (Å²) in [4.78, 5) is 24.6. The van der Waals surface area contributed by atoms with Crippen LogP contribution in [-0.2, 0) is 14.8 Å². The first-order valence-corrected chi connectivity index (χ1v) is 12.1. The van der Waals surface area contributed by atoms with Crippen molar-refractivity contribution in [1.82, 2.24) is 0 Å². The molecule has 0 aliphatic carbocycles. The van der Waals surface area contributed by atoms with Crippen LogP contribution in [0.5, 0.6) is 0 Å². The van der Waals surface area contributed by atoms with Crippen molar-refractivity contribution in [2.75, 3.05) is 16.2 Å². The lowest BCUT2D eigenvalue weighted by molar-refractivity contribution is -0.114. The second-order valence-electron chi connectivity index (χ2n) is 8.26. The Morgan fingerprint density at radius 2 is 1.58 bits per heavy atom. The first-order valence-electron chi connectivity index (χ1n) is 10.7. The largest absolute Gasteiger partial charge is 0.324 e. The molecular weight excluding hydrogens is 436 g/mol. The zero-order valence-corrected chi connectivity index (χ0v) is 20.0. The number of aryl methyl sites for hydroxylation is 1. The van der Waals surface area contributed by atoms with E-state index in [0.29, 0.717) is 16.9 Å². The summed E-state index contributed by atoms with van der Waals surface area (Å²) in [5, 5.41) is 2.70. The van der Waals surface area contributed by atoms with E-state index in [9.17, 15) is 18.0 Å². The van der Waals surface area contributed by atoms with Gasteiger partial charge >= 0.3 is 0 Å². The number of amides is 1. The average Bonchev–Trinajstić information content (AvgIpc) is 2.78. The third-order valence-corrected chi connectivity index (χ3v) is 7.08. The molecule has 3 aromatic rings. The van der Waals surface area contributed by atoms with E-state index >= 15 is 0 Å². The summed E-state index contributed by atoms with van der Waals surface area (Å²) >= 11 is 0. The van der Waals surface area contributed by atoms with Crippen LogP contribution in [0.3, 0.4) is 0 Å². The average molecular weight is 465 g/mol. The van der Waals surface area contributed by atoms with Crippen LogP contribution in [0.25, 0.3) is 0 Å². The number of carbonyl (C=O) groups is 2. The molecule has 0 bridgehead atoms. The molecule has 3 rings (SSSR count). The molecule has 0 aliphatic heterocycles. The van der Waals surface area contributed by atoms with Gasteiger partial charge in [-0.25, -0.2) is 8.42 Å². The van der Waals surface area contributed by atoms with Crippen molar-refractivity contribution < 1.29 is 18.0 Å². The Labute approximate surface area is 195 Å². The highest BCUT2D eigenvalue weighted by atomic mass is 32.2. The molecule has 0 unspecified atom stereocenters. The van der Waals surface area contributed by atoms with Gasteiger partial charge in [0.1, 0.15) is 6.54 Å². The summed E-state index contributed by atoms with van der Waals surface area (Å²) in [6, 6.07) is 20.2. The summed E-state index contributed by atoms with van der Waals surface area (Å²) in [6.45, 7) is 7.01. The molecule has 172 valence electrons. The first-order chi connectivity index (χ1) is 15.6. The third kappa shape index (κ3) is 5.87. The summed E-state index contributed by atoms with van der Waals surface area (Å²) in [7, 11) is -3.99. The Morgan fingerprint density at radius 3 is 2.15 bits per heavy atom. The summed E-state index contributed by atoms with van der Waals surface area (Å²) in [5.41, 5.74) is 3.28. The predicted octanol–water partition coefficient (Wildman–Crippen LogP) is 5.16. The second-order valence-corrected chi connectivity index (χ2v) is 10.1. The van der Waals surface area contributed by atoms with E-state index in [1.807, 2.05) is 19.1 Å². The Hall–Kier alpha value is -3.45. The number of Topliss-reactive ketones (excluding diaryl/α,β-unsaturated/α-hetero) is 1. The standard InChI is InChI=1S/C26H28N2O4S/c1-18(2)21-10-12-24(13-11-21)28(33(31,32)25-14-8-19(3)9-15-25)17-26(30)27-23-7-5-6-22(16-23)20(4)29/h5-16,18H,17H2,1-4H3,(H,27,30). The zero-order valence-electron chi connectivity index (χ0n) is 19.2. The van der Waals surface area contributed by atoms with Crippen molar-refractivity contribution in [3.63, 3.8) is 0 Å². The highest BCUT2D eigenvalue weighted by Crippen LogP contribution is 2.26. The van der Waals surface area contributed by atoms with Crippen LogP contribution in [0, 0.1) is 6.92 Å². The number of anilines is 2. The molecule has 6 nitrogen and oxygen atoms in total. The first kappa shape index (κ1) is 24.2. The van der Waals surface area contributed by atoms with Crippen molar-refractivity contribution in [2.24, 2.45) is 0 Å². The Kier molecular flexibility index (Phi) is 7.33. The Balaban J connectivity index is 1.94. The smallest absolute Gasteiger partial charge is 0.264 e. The molecule has 1 N–H and O–H groups in total. The fourth-order valence-electron chi connectivity index (χ4n) is 3.32. The molecule has 0 aliphatic rings. The lowest BCUT2D eigenvalue weighted by Gasteiger charge is -2.24. The lowest BCUT2D eigenvalue weighted by atomic mass is 10.0. The normalized spacial score (nSPS) is 11.3. The maximum Gasteiger partial charge on any atom is 0.264 e. The quantitative estimate of drug-likeness (QED) is 0.467. The number of hydrogen-bond donors (Lipinski definition) is 1. The number of ketones is 1. The van der Waals surface area contributed by atoms with Crippen LogP contribution in [0.1, 0.15) is 48.2 Å². The van der Waals surface area contributed by atoms with Gasteiger partial charge in [-0.3, -0.25) is 13.9 Å². The summed E-state index contributed by atoms with van der Waals surface area (Å²) in [5.74, 6) is -0.350. The van der Waals surface area contributed by atoms with Gasteiger partial charge in [-0.05, 0) is 61.7 Å². The van der Waals surface area contributed by atoms with Gasteiger partial charge in [0, 0.05) is 11.3 Å². The van der Waals surface area contributed by atoms with Gasteiger partial charge in [0.25, 0.3) is 10.0 Å². The monoisotopic (exact) mass is 464 g/mol. The van der Waals surface area contributed by atoms with E-state index in [1.165, 1.54) is 19.1 Å². The molecule has 33 heavy (non-hydrogen) atoms. The van der Waals surface area contributed by atoms with Gasteiger partial charge in [0.2, 0.25) is 5.91 Å². The van der Waals surface area contributed by atoms with E-state index in [-0.39, 0.29) is 16.6 Å². The minimum Gasteiger partial charge on any atom is -0.324 e. The molecule has 0 heterocycles. The maximum absolute atomic E-state index is 13.5. The van der Waals surface area contributed by atoms with Crippen molar-refractivity contribution in [2.45, 2.75) is 38.5 Å². The van der Waals surface area contributed by atoms with Gasteiger partial charge < -0.3 is 5.32 Å². The number of hydrogen-bond acceptors (Lipinski definition) is 4. The van der Waals surface area contributed by atoms with E-state index in [4.69, 9.17) is 0 Å². The van der Waals surface area contributed by atoms with Crippen LogP contribution in [0.2, 0.25) is 0 Å². The van der Waals surface area contributed by atoms with Gasteiger partial charge in [-0.2, -0.15) is 0 Å². The number of sulfonamides is 1. The molecule has 1 amide bonds. The van der Waals surface area contributed by atoms with E-state index in [1.54, 1.807) is 48.5 Å². The second kappa shape index (κ2) is 10.0. The Bertz CT molecular complexity index is 1250. The van der Waals surface area contributed by atoms with Crippen LogP contribution >= 0.6 is 0 Å². The molecule has 0 fully saturated rings. The van der Waals surface area contributed by atoms with Gasteiger partial charge in [-0.15, -0.1) is 0 Å². The van der Waals surface area contributed by atoms with Crippen LogP contribution in [0.15, 0.2) is 77.7 Å². The number of nitrogens with zero attached hydrogens (tertiary/aromatic N) is 1. The minimum absolute atomic E-state index is 0.104. The summed E-state index contributed by atoms with van der Waals surface area (Å²) in [6.07, 6.45) is 0. The number of carbonyl (C=O) groups excluding carboxylic acids is 2. The third-order valence-electron chi connectivity index (χ3n) is 5.30. The number of nitrogens with one attached hydrogen (secondary N) is 1. The predicted molar refractivity (Wildman–Crippen MR) is 131 cm³/mol. The number of benzene rings is 3.